The van der Waals surface area contributed by atoms with Gasteiger partial charge in [-0.25, -0.2) is 0 Å². The normalized spacial score (nSPS) is 10.6. The second-order valence-corrected chi connectivity index (χ2v) is 7.80. The van der Waals surface area contributed by atoms with Crippen molar-refractivity contribution in [3.8, 4) is 0 Å². The second kappa shape index (κ2) is 10.2. The Hall–Kier alpha value is -2.50. The summed E-state index contributed by atoms with van der Waals surface area (Å²) in [7, 11) is 0. The summed E-state index contributed by atoms with van der Waals surface area (Å²) in [6.45, 7) is 1.02. The number of aromatic nitrogens is 1. The topological polar surface area (TPSA) is 51.1 Å². The van der Waals surface area contributed by atoms with Gasteiger partial charge in [-0.05, 0) is 34.9 Å². The van der Waals surface area contributed by atoms with E-state index in [1.807, 2.05) is 54.6 Å². The van der Waals surface area contributed by atoms with Crippen molar-refractivity contribution in [2.75, 3.05) is 5.75 Å². The van der Waals surface area contributed by atoms with E-state index in [1.54, 1.807) is 34.7 Å². The van der Waals surface area contributed by atoms with E-state index in [1.165, 1.54) is 0 Å². The Labute approximate surface area is 173 Å². The number of halogens is 1. The van der Waals surface area contributed by atoms with Crippen LogP contribution in [0.25, 0.3) is 0 Å². The molecule has 4 nitrogen and oxygen atoms in total. The molecule has 0 aliphatic rings. The van der Waals surface area contributed by atoms with E-state index in [9.17, 15) is 9.59 Å². The summed E-state index contributed by atoms with van der Waals surface area (Å²) >= 11 is 7.52. The predicted octanol–water partition coefficient (Wildman–Crippen LogP) is 4.10. The lowest BCUT2D eigenvalue weighted by Gasteiger charge is -2.08. The van der Waals surface area contributed by atoms with Gasteiger partial charge in [0.25, 0.3) is 5.56 Å². The van der Waals surface area contributed by atoms with Crippen molar-refractivity contribution in [2.45, 2.75) is 18.8 Å². The van der Waals surface area contributed by atoms with Gasteiger partial charge in [-0.2, -0.15) is 0 Å². The van der Waals surface area contributed by atoms with E-state index in [0.29, 0.717) is 23.9 Å². The van der Waals surface area contributed by atoms with Gasteiger partial charge in [0, 0.05) is 29.6 Å². The number of nitrogens with one attached hydrogen (secondary N) is 1. The molecule has 0 bridgehead atoms. The van der Waals surface area contributed by atoms with E-state index >= 15 is 0 Å². The number of carbonyl (C=O) groups is 1. The first-order valence-electron chi connectivity index (χ1n) is 8.92. The number of benzene rings is 2. The van der Waals surface area contributed by atoms with Crippen LogP contribution in [0.3, 0.4) is 0 Å². The second-order valence-electron chi connectivity index (χ2n) is 6.38. The molecular weight excluding hydrogens is 392 g/mol. The highest BCUT2D eigenvalue weighted by Gasteiger charge is 2.03. The minimum absolute atomic E-state index is 0.00643. The molecule has 28 heavy (non-hydrogen) atoms. The van der Waals surface area contributed by atoms with Gasteiger partial charge in [-0.3, -0.25) is 9.59 Å². The number of rotatable bonds is 8. The summed E-state index contributed by atoms with van der Waals surface area (Å²) in [4.78, 5) is 23.8. The van der Waals surface area contributed by atoms with Crippen molar-refractivity contribution in [1.29, 1.82) is 0 Å². The Balaban J connectivity index is 1.42. The minimum Gasteiger partial charge on any atom is -0.351 e. The first-order chi connectivity index (χ1) is 13.6. The number of nitrogens with zero attached hydrogens (tertiary/aromatic N) is 1. The number of amides is 1. The Bertz CT molecular complexity index is 986. The van der Waals surface area contributed by atoms with E-state index in [0.717, 1.165) is 22.4 Å². The molecule has 1 amide bonds. The van der Waals surface area contributed by atoms with Gasteiger partial charge < -0.3 is 9.88 Å². The molecule has 3 aromatic rings. The molecule has 0 radical (unpaired) electrons. The van der Waals surface area contributed by atoms with Crippen molar-refractivity contribution in [3.05, 3.63) is 105 Å². The van der Waals surface area contributed by atoms with Gasteiger partial charge in [0.1, 0.15) is 0 Å². The molecule has 1 aromatic heterocycles. The van der Waals surface area contributed by atoms with E-state index in [-0.39, 0.29) is 11.5 Å². The minimum atomic E-state index is -0.0193. The van der Waals surface area contributed by atoms with Crippen molar-refractivity contribution >= 4 is 29.3 Å². The smallest absolute Gasteiger partial charge is 0.250 e. The van der Waals surface area contributed by atoms with Crippen molar-refractivity contribution in [3.63, 3.8) is 0 Å². The maximum absolute atomic E-state index is 12.0. The molecule has 0 aliphatic heterocycles. The number of pyridine rings is 1. The summed E-state index contributed by atoms with van der Waals surface area (Å²) < 4.78 is 1.66. The molecule has 0 fully saturated rings. The SMILES string of the molecule is O=C(CSCc1cccc(Cl)c1)NCc1ccc(Cn2ccccc2=O)cc1. The van der Waals surface area contributed by atoms with Crippen LogP contribution in [0.2, 0.25) is 5.02 Å². The Kier molecular flexibility index (Phi) is 7.34. The summed E-state index contributed by atoms with van der Waals surface area (Å²) in [5, 5.41) is 3.65. The molecule has 0 unspecified atom stereocenters. The highest BCUT2D eigenvalue weighted by atomic mass is 35.5. The van der Waals surface area contributed by atoms with Gasteiger partial charge in [-0.15, -0.1) is 11.8 Å². The third-order valence-electron chi connectivity index (χ3n) is 4.16. The monoisotopic (exact) mass is 412 g/mol. The lowest BCUT2D eigenvalue weighted by Crippen LogP contribution is -2.24. The number of hydrogen-bond donors (Lipinski definition) is 1. The molecule has 0 saturated carbocycles. The summed E-state index contributed by atoms with van der Waals surface area (Å²) in [5.41, 5.74) is 3.16. The zero-order valence-corrected chi connectivity index (χ0v) is 16.9. The van der Waals surface area contributed by atoms with Gasteiger partial charge in [-0.1, -0.05) is 54.1 Å². The number of thioether (sulfide) groups is 1. The Morgan fingerprint density at radius 1 is 0.964 bits per heavy atom. The fourth-order valence-electron chi connectivity index (χ4n) is 2.69. The quantitative estimate of drug-likeness (QED) is 0.606. The van der Waals surface area contributed by atoms with Crippen LogP contribution in [-0.2, 0) is 23.6 Å². The predicted molar refractivity (Wildman–Crippen MR) is 116 cm³/mol. The third-order valence-corrected chi connectivity index (χ3v) is 5.39. The molecule has 1 heterocycles. The largest absolute Gasteiger partial charge is 0.351 e. The third kappa shape index (κ3) is 6.29. The fourth-order valence-corrected chi connectivity index (χ4v) is 3.71. The molecule has 0 aliphatic carbocycles. The molecule has 2 aromatic carbocycles. The molecule has 0 saturated heterocycles. The molecule has 0 spiro atoms. The lowest BCUT2D eigenvalue weighted by atomic mass is 10.1. The van der Waals surface area contributed by atoms with Crippen molar-refractivity contribution in [2.24, 2.45) is 0 Å². The van der Waals surface area contributed by atoms with Crippen LogP contribution in [0, 0.1) is 0 Å². The lowest BCUT2D eigenvalue weighted by molar-refractivity contribution is -0.118. The van der Waals surface area contributed by atoms with E-state index < -0.39 is 0 Å². The van der Waals surface area contributed by atoms with Crippen LogP contribution in [0.1, 0.15) is 16.7 Å². The van der Waals surface area contributed by atoms with Gasteiger partial charge in [0.15, 0.2) is 0 Å². The number of carbonyl (C=O) groups excluding carboxylic acids is 1. The van der Waals surface area contributed by atoms with E-state index in [4.69, 9.17) is 11.6 Å². The number of hydrogen-bond acceptors (Lipinski definition) is 3. The average Bonchev–Trinajstić information content (AvgIpc) is 2.69. The first kappa shape index (κ1) is 20.2. The highest BCUT2D eigenvalue weighted by Crippen LogP contribution is 2.16. The van der Waals surface area contributed by atoms with Gasteiger partial charge in [0.05, 0.1) is 12.3 Å². The van der Waals surface area contributed by atoms with Crippen LogP contribution in [0.4, 0.5) is 0 Å². The van der Waals surface area contributed by atoms with Crippen LogP contribution < -0.4 is 10.9 Å². The Morgan fingerprint density at radius 2 is 1.75 bits per heavy atom. The Morgan fingerprint density at radius 3 is 2.50 bits per heavy atom. The fraction of sp³-hybridized carbons (Fsp3) is 0.182. The zero-order valence-electron chi connectivity index (χ0n) is 15.3. The van der Waals surface area contributed by atoms with Crippen molar-refractivity contribution < 1.29 is 4.79 Å². The zero-order chi connectivity index (χ0) is 19.8. The van der Waals surface area contributed by atoms with E-state index in [2.05, 4.69) is 5.32 Å². The molecule has 6 heteroatoms. The standard InChI is InChI=1S/C22H21ClN2O2S/c23-20-5-3-4-19(12-20)15-28-16-21(26)24-13-17-7-9-18(10-8-17)14-25-11-2-1-6-22(25)27/h1-12H,13-16H2,(H,24,26). The average molecular weight is 413 g/mol. The summed E-state index contributed by atoms with van der Waals surface area (Å²) in [6, 6.07) is 20.7. The van der Waals surface area contributed by atoms with Gasteiger partial charge >= 0.3 is 0 Å². The van der Waals surface area contributed by atoms with Gasteiger partial charge in [0.2, 0.25) is 5.91 Å². The van der Waals surface area contributed by atoms with Crippen LogP contribution in [0.5, 0.6) is 0 Å². The molecule has 0 atom stereocenters. The maximum atomic E-state index is 12.0. The highest BCUT2D eigenvalue weighted by molar-refractivity contribution is 7.99. The summed E-state index contributed by atoms with van der Waals surface area (Å²) in [5.74, 6) is 1.16. The van der Waals surface area contributed by atoms with Crippen LogP contribution in [-0.4, -0.2) is 16.2 Å². The summed E-state index contributed by atoms with van der Waals surface area (Å²) in [6.07, 6.45) is 1.78. The molecule has 3 rings (SSSR count). The molecule has 1 N–H and O–H groups in total. The molecular formula is C22H21ClN2O2S. The maximum Gasteiger partial charge on any atom is 0.250 e. The molecule has 144 valence electrons. The van der Waals surface area contributed by atoms with Crippen LogP contribution >= 0.6 is 23.4 Å². The van der Waals surface area contributed by atoms with Crippen molar-refractivity contribution in [1.82, 2.24) is 9.88 Å². The van der Waals surface area contributed by atoms with Crippen LogP contribution in [0.15, 0.2) is 77.7 Å². The first-order valence-corrected chi connectivity index (χ1v) is 10.5.